The van der Waals surface area contributed by atoms with Gasteiger partial charge in [0.05, 0.1) is 6.61 Å². The number of esters is 2. The third-order valence-electron chi connectivity index (χ3n) is 6.86. The van der Waals surface area contributed by atoms with Crippen LogP contribution in [-0.2, 0) is 0 Å². The average Bonchev–Trinajstić information content (AvgIpc) is 3.01. The highest BCUT2D eigenvalue weighted by atomic mass is 19.2. The predicted molar refractivity (Wildman–Crippen MR) is 157 cm³/mol. The molecule has 0 aliphatic carbocycles. The van der Waals surface area contributed by atoms with Crippen molar-refractivity contribution in [2.24, 2.45) is 5.73 Å². The Morgan fingerprint density at radius 3 is 1.73 bits per heavy atom. The maximum absolute atomic E-state index is 14.2. The Morgan fingerprint density at radius 1 is 0.659 bits per heavy atom. The SMILES string of the molecule is Cc1ccc(C(=O)Oc2ccc(-c3ccc(OC(=O)c4c(F)c(F)c(C)c(F)c4F)cc3)cc2)c(OCCCCCCN)c1. The van der Waals surface area contributed by atoms with Crippen molar-refractivity contribution in [2.75, 3.05) is 13.2 Å². The van der Waals surface area contributed by atoms with E-state index in [1.165, 1.54) is 12.1 Å². The average molecular weight is 610 g/mol. The highest BCUT2D eigenvalue weighted by molar-refractivity contribution is 5.94. The van der Waals surface area contributed by atoms with E-state index in [0.29, 0.717) is 35.8 Å². The fourth-order valence-electron chi connectivity index (χ4n) is 4.37. The number of hydrogen-bond donors (Lipinski definition) is 1. The molecule has 0 heterocycles. The maximum Gasteiger partial charge on any atom is 0.349 e. The molecular formula is C34H31F4NO5. The molecule has 6 nitrogen and oxygen atoms in total. The zero-order valence-electron chi connectivity index (χ0n) is 24.2. The lowest BCUT2D eigenvalue weighted by molar-refractivity contribution is 0.0715. The summed E-state index contributed by atoms with van der Waals surface area (Å²) in [6.07, 6.45) is 3.82. The van der Waals surface area contributed by atoms with Crippen LogP contribution >= 0.6 is 0 Å². The van der Waals surface area contributed by atoms with Crippen molar-refractivity contribution in [2.45, 2.75) is 39.5 Å². The van der Waals surface area contributed by atoms with Crippen LogP contribution < -0.4 is 19.9 Å². The number of aryl methyl sites for hydroxylation is 1. The summed E-state index contributed by atoms with van der Waals surface area (Å²) in [6, 6.07) is 17.8. The van der Waals surface area contributed by atoms with Gasteiger partial charge in [0, 0.05) is 5.56 Å². The number of nitrogens with two attached hydrogens (primary N) is 1. The second kappa shape index (κ2) is 14.7. The summed E-state index contributed by atoms with van der Waals surface area (Å²) in [5, 5.41) is 0. The standard InChI is InChI=1S/C34H31F4NO5/c1-20-7-16-26(27(19-20)42-18-6-4-3-5-17-39)33(40)43-24-12-8-22(9-13-24)23-10-14-25(15-11-23)44-34(41)28-31(37)29(35)21(2)30(36)32(28)38/h7-16,19H,3-6,17-18,39H2,1-2H3. The predicted octanol–water partition coefficient (Wildman–Crippen LogP) is 7.86. The first kappa shape index (κ1) is 32.2. The van der Waals surface area contributed by atoms with E-state index in [-0.39, 0.29) is 5.75 Å². The summed E-state index contributed by atoms with van der Waals surface area (Å²) in [5.41, 5.74) is 5.84. The number of rotatable bonds is 12. The second-order valence-corrected chi connectivity index (χ2v) is 10.1. The van der Waals surface area contributed by atoms with Crippen molar-refractivity contribution in [3.8, 4) is 28.4 Å². The molecule has 4 aromatic carbocycles. The smallest absolute Gasteiger partial charge is 0.349 e. The van der Waals surface area contributed by atoms with Crippen LogP contribution in [0.25, 0.3) is 11.1 Å². The molecule has 0 atom stereocenters. The van der Waals surface area contributed by atoms with Crippen LogP contribution in [-0.4, -0.2) is 25.1 Å². The number of carbonyl (C=O) groups excluding carboxylic acids is 2. The summed E-state index contributed by atoms with van der Waals surface area (Å²) in [7, 11) is 0. The Morgan fingerprint density at radius 2 is 1.18 bits per heavy atom. The van der Waals surface area contributed by atoms with E-state index in [9.17, 15) is 27.2 Å². The van der Waals surface area contributed by atoms with Gasteiger partial charge in [-0.2, -0.15) is 0 Å². The van der Waals surface area contributed by atoms with Gasteiger partial charge in [-0.3, -0.25) is 0 Å². The quantitative estimate of drug-likeness (QED) is 0.0579. The molecule has 10 heteroatoms. The third-order valence-corrected chi connectivity index (χ3v) is 6.86. The second-order valence-electron chi connectivity index (χ2n) is 10.1. The normalized spacial score (nSPS) is 10.9. The fourth-order valence-corrected chi connectivity index (χ4v) is 4.37. The Balaban J connectivity index is 1.39. The van der Waals surface area contributed by atoms with Crippen LogP contribution in [0.4, 0.5) is 17.6 Å². The molecule has 0 bridgehead atoms. The number of unbranched alkanes of at least 4 members (excludes halogenated alkanes) is 3. The lowest BCUT2D eigenvalue weighted by Crippen LogP contribution is -2.17. The van der Waals surface area contributed by atoms with Crippen molar-refractivity contribution in [1.29, 1.82) is 0 Å². The molecule has 0 unspecified atom stereocenters. The van der Waals surface area contributed by atoms with Crippen molar-refractivity contribution in [3.63, 3.8) is 0 Å². The van der Waals surface area contributed by atoms with Gasteiger partial charge in [-0.15, -0.1) is 0 Å². The molecular weight excluding hydrogens is 578 g/mol. The lowest BCUT2D eigenvalue weighted by atomic mass is 10.1. The minimum Gasteiger partial charge on any atom is -0.493 e. The molecule has 0 radical (unpaired) electrons. The van der Waals surface area contributed by atoms with Gasteiger partial charge in [0.2, 0.25) is 0 Å². The van der Waals surface area contributed by atoms with Gasteiger partial charge in [-0.25, -0.2) is 27.2 Å². The molecule has 0 saturated carbocycles. The van der Waals surface area contributed by atoms with Crippen molar-refractivity contribution < 1.29 is 41.4 Å². The van der Waals surface area contributed by atoms with E-state index in [4.69, 9.17) is 19.9 Å². The first-order valence-electron chi connectivity index (χ1n) is 14.0. The molecule has 44 heavy (non-hydrogen) atoms. The molecule has 0 aliphatic heterocycles. The van der Waals surface area contributed by atoms with E-state index in [1.54, 1.807) is 54.6 Å². The molecule has 2 N–H and O–H groups in total. The van der Waals surface area contributed by atoms with Crippen LogP contribution in [0, 0.1) is 37.1 Å². The molecule has 0 saturated heterocycles. The Kier molecular flexibility index (Phi) is 10.7. The minimum absolute atomic E-state index is 0.101. The van der Waals surface area contributed by atoms with Crippen LogP contribution in [0.1, 0.15) is 57.5 Å². The van der Waals surface area contributed by atoms with E-state index >= 15 is 0 Å². The zero-order chi connectivity index (χ0) is 31.8. The van der Waals surface area contributed by atoms with Gasteiger partial charge in [-0.05, 0) is 86.3 Å². The topological polar surface area (TPSA) is 87.8 Å². The molecule has 0 aromatic heterocycles. The van der Waals surface area contributed by atoms with Gasteiger partial charge in [0.1, 0.15) is 28.4 Å². The van der Waals surface area contributed by atoms with Crippen molar-refractivity contribution in [1.82, 2.24) is 0 Å². The van der Waals surface area contributed by atoms with Gasteiger partial charge in [-0.1, -0.05) is 43.2 Å². The number of hydrogen-bond acceptors (Lipinski definition) is 6. The minimum atomic E-state index is -1.83. The summed E-state index contributed by atoms with van der Waals surface area (Å²) in [4.78, 5) is 25.3. The Labute approximate surface area is 252 Å². The Bertz CT molecular complexity index is 1610. The van der Waals surface area contributed by atoms with E-state index in [2.05, 4.69) is 0 Å². The van der Waals surface area contributed by atoms with Crippen molar-refractivity contribution in [3.05, 3.63) is 112 Å². The van der Waals surface area contributed by atoms with Crippen LogP contribution in [0.5, 0.6) is 17.2 Å². The van der Waals surface area contributed by atoms with Gasteiger partial charge >= 0.3 is 11.9 Å². The monoisotopic (exact) mass is 609 g/mol. The third kappa shape index (κ3) is 7.62. The number of carbonyl (C=O) groups is 2. The molecule has 4 aromatic rings. The summed E-state index contributed by atoms with van der Waals surface area (Å²) in [6.45, 7) is 3.89. The summed E-state index contributed by atoms with van der Waals surface area (Å²) in [5.74, 6) is -8.49. The van der Waals surface area contributed by atoms with E-state index < -0.39 is 46.3 Å². The number of ether oxygens (including phenoxy) is 3. The molecule has 0 spiro atoms. The van der Waals surface area contributed by atoms with Crippen LogP contribution in [0.15, 0.2) is 66.7 Å². The fraction of sp³-hybridized carbons (Fsp3) is 0.235. The summed E-state index contributed by atoms with van der Waals surface area (Å²) < 4.78 is 72.4. The first-order chi connectivity index (χ1) is 21.1. The maximum atomic E-state index is 14.2. The largest absolute Gasteiger partial charge is 0.493 e. The lowest BCUT2D eigenvalue weighted by Gasteiger charge is -2.12. The van der Waals surface area contributed by atoms with Crippen LogP contribution in [0.3, 0.4) is 0 Å². The molecule has 0 aliphatic rings. The highest BCUT2D eigenvalue weighted by Crippen LogP contribution is 2.29. The first-order valence-corrected chi connectivity index (χ1v) is 14.0. The summed E-state index contributed by atoms with van der Waals surface area (Å²) >= 11 is 0. The van der Waals surface area contributed by atoms with Crippen LogP contribution in [0.2, 0.25) is 0 Å². The van der Waals surface area contributed by atoms with Crippen molar-refractivity contribution >= 4 is 11.9 Å². The number of halogens is 4. The molecule has 4 rings (SSSR count). The molecule has 0 fully saturated rings. The molecule has 0 amide bonds. The molecule has 230 valence electrons. The Hall–Kier alpha value is -4.70. The van der Waals surface area contributed by atoms with E-state index in [1.807, 2.05) is 6.92 Å². The van der Waals surface area contributed by atoms with E-state index in [0.717, 1.165) is 43.7 Å². The zero-order valence-corrected chi connectivity index (χ0v) is 24.2. The van der Waals surface area contributed by atoms with Gasteiger partial charge in [0.15, 0.2) is 23.3 Å². The van der Waals surface area contributed by atoms with Gasteiger partial charge in [0.25, 0.3) is 0 Å². The number of benzene rings is 4. The van der Waals surface area contributed by atoms with Gasteiger partial charge < -0.3 is 19.9 Å². The highest BCUT2D eigenvalue weighted by Gasteiger charge is 2.29.